The molecule has 2 aromatic carbocycles. The van der Waals surface area contributed by atoms with Crippen LogP contribution in [0.5, 0.6) is 11.5 Å². The van der Waals surface area contributed by atoms with Crippen LogP contribution >= 0.6 is 0 Å². The van der Waals surface area contributed by atoms with E-state index >= 15 is 0 Å². The van der Waals surface area contributed by atoms with Gasteiger partial charge in [0.2, 0.25) is 0 Å². The molecule has 2 atom stereocenters. The molecule has 2 heterocycles. The lowest BCUT2D eigenvalue weighted by molar-refractivity contribution is -0.286. The van der Waals surface area contributed by atoms with Gasteiger partial charge in [0.05, 0.1) is 37.1 Å². The van der Waals surface area contributed by atoms with E-state index in [9.17, 15) is 18.7 Å². The Morgan fingerprint density at radius 3 is 2.68 bits per heavy atom. The number of carboxylic acid groups (broad SMARTS) is 1. The molecule has 0 radical (unpaired) electrons. The van der Waals surface area contributed by atoms with Crippen LogP contribution in [0.1, 0.15) is 45.1 Å². The van der Waals surface area contributed by atoms with E-state index in [1.54, 1.807) is 6.07 Å². The van der Waals surface area contributed by atoms with Gasteiger partial charge in [-0.2, -0.15) is 0 Å². The summed E-state index contributed by atoms with van der Waals surface area (Å²) in [6, 6.07) is 10.7. The predicted octanol–water partition coefficient (Wildman–Crippen LogP) is 5.58. The molecule has 2 aliphatic rings. The number of alkyl halides is 2. The van der Waals surface area contributed by atoms with E-state index in [1.807, 2.05) is 25.1 Å². The summed E-state index contributed by atoms with van der Waals surface area (Å²) in [4.78, 5) is 13.7. The van der Waals surface area contributed by atoms with Crippen molar-refractivity contribution in [2.45, 2.75) is 51.9 Å². The van der Waals surface area contributed by atoms with Crippen molar-refractivity contribution in [1.29, 1.82) is 0 Å². The van der Waals surface area contributed by atoms with Crippen molar-refractivity contribution in [3.8, 4) is 11.5 Å². The molecule has 7 nitrogen and oxygen atoms in total. The maximum Gasteiger partial charge on any atom is 0.586 e. The number of ether oxygens (including phenoxy) is 3. The Morgan fingerprint density at radius 1 is 1.21 bits per heavy atom. The van der Waals surface area contributed by atoms with Gasteiger partial charge in [0, 0.05) is 18.3 Å². The predicted molar refractivity (Wildman–Crippen MR) is 124 cm³/mol. The van der Waals surface area contributed by atoms with Crippen molar-refractivity contribution >= 4 is 23.0 Å². The number of aliphatic carboxylic acids is 1. The fourth-order valence-electron chi connectivity index (χ4n) is 4.52. The van der Waals surface area contributed by atoms with Gasteiger partial charge in [-0.15, -0.1) is 8.78 Å². The van der Waals surface area contributed by atoms with Gasteiger partial charge in [0.1, 0.15) is 0 Å². The summed E-state index contributed by atoms with van der Waals surface area (Å²) in [5.41, 5.74) is 3.16. The van der Waals surface area contributed by atoms with E-state index in [-0.39, 0.29) is 29.9 Å². The second-order valence-corrected chi connectivity index (χ2v) is 9.01. The molecule has 0 aliphatic carbocycles. The maximum absolute atomic E-state index is 13.5. The Morgan fingerprint density at radius 2 is 1.97 bits per heavy atom. The van der Waals surface area contributed by atoms with Crippen LogP contribution in [-0.4, -0.2) is 43.2 Å². The SMILES string of the molecule is CCC(CC(=O)O)c1ccc(N2CCOC[C@@H]2C(C)C)c(Nc2ccc3c(c2)OC(F)(F)O3)c1. The number of anilines is 3. The molecule has 34 heavy (non-hydrogen) atoms. The Balaban J connectivity index is 1.72. The van der Waals surface area contributed by atoms with Crippen molar-refractivity contribution < 1.29 is 32.9 Å². The van der Waals surface area contributed by atoms with Crippen LogP contribution in [0.2, 0.25) is 0 Å². The largest absolute Gasteiger partial charge is 0.586 e. The number of hydrogen-bond donors (Lipinski definition) is 2. The molecule has 9 heteroatoms. The number of carbonyl (C=O) groups is 1. The minimum Gasteiger partial charge on any atom is -0.481 e. The fourth-order valence-corrected chi connectivity index (χ4v) is 4.52. The van der Waals surface area contributed by atoms with Crippen LogP contribution in [-0.2, 0) is 9.53 Å². The zero-order valence-corrected chi connectivity index (χ0v) is 19.5. The zero-order chi connectivity index (χ0) is 24.5. The Labute approximate surface area is 197 Å². The minimum absolute atomic E-state index is 0.0231. The molecule has 0 amide bonds. The first-order valence-corrected chi connectivity index (χ1v) is 11.5. The average Bonchev–Trinajstić information content (AvgIpc) is 3.10. The smallest absolute Gasteiger partial charge is 0.481 e. The Bertz CT molecular complexity index is 1050. The monoisotopic (exact) mass is 476 g/mol. The lowest BCUT2D eigenvalue weighted by atomic mass is 9.92. The summed E-state index contributed by atoms with van der Waals surface area (Å²) in [6.07, 6.45) is -2.98. The van der Waals surface area contributed by atoms with E-state index in [0.717, 1.165) is 16.9 Å². The average molecular weight is 477 g/mol. The highest BCUT2D eigenvalue weighted by molar-refractivity contribution is 5.78. The maximum atomic E-state index is 13.5. The zero-order valence-electron chi connectivity index (χ0n) is 19.5. The first kappa shape index (κ1) is 24.1. The third kappa shape index (κ3) is 5.19. The van der Waals surface area contributed by atoms with Crippen LogP contribution in [0.3, 0.4) is 0 Å². The Hall–Kier alpha value is -3.07. The molecule has 2 N–H and O–H groups in total. The molecule has 1 unspecified atom stereocenters. The second kappa shape index (κ2) is 9.66. The van der Waals surface area contributed by atoms with Crippen molar-refractivity contribution in [2.24, 2.45) is 5.92 Å². The molecule has 0 saturated carbocycles. The number of morpholine rings is 1. The van der Waals surface area contributed by atoms with Crippen molar-refractivity contribution in [1.82, 2.24) is 0 Å². The van der Waals surface area contributed by atoms with Gasteiger partial charge in [0.15, 0.2) is 11.5 Å². The quantitative estimate of drug-likeness (QED) is 0.515. The molecule has 2 aliphatic heterocycles. The van der Waals surface area contributed by atoms with Crippen molar-refractivity contribution in [2.75, 3.05) is 30.0 Å². The number of benzene rings is 2. The first-order valence-electron chi connectivity index (χ1n) is 11.5. The lowest BCUT2D eigenvalue weighted by Crippen LogP contribution is -2.48. The van der Waals surface area contributed by atoms with E-state index < -0.39 is 12.3 Å². The van der Waals surface area contributed by atoms with Gasteiger partial charge < -0.3 is 29.5 Å². The van der Waals surface area contributed by atoms with E-state index in [1.165, 1.54) is 12.1 Å². The number of rotatable bonds is 8. The van der Waals surface area contributed by atoms with Crippen LogP contribution in [0.25, 0.3) is 0 Å². The highest BCUT2D eigenvalue weighted by Gasteiger charge is 2.43. The third-order valence-electron chi connectivity index (χ3n) is 6.33. The van der Waals surface area contributed by atoms with Gasteiger partial charge in [0.25, 0.3) is 0 Å². The molecular formula is C25H30F2N2O5. The summed E-state index contributed by atoms with van der Waals surface area (Å²) in [6.45, 7) is 8.16. The van der Waals surface area contributed by atoms with Crippen molar-refractivity contribution in [3.05, 3.63) is 42.0 Å². The number of nitrogens with one attached hydrogen (secondary N) is 1. The number of fused-ring (bicyclic) bond motifs is 1. The van der Waals surface area contributed by atoms with Gasteiger partial charge >= 0.3 is 12.3 Å². The molecular weight excluding hydrogens is 446 g/mol. The highest BCUT2D eigenvalue weighted by Crippen LogP contribution is 2.43. The normalized spacial score (nSPS) is 19.8. The number of nitrogens with zero attached hydrogens (tertiary/aromatic N) is 1. The molecule has 2 aromatic rings. The molecule has 0 aromatic heterocycles. The number of hydrogen-bond acceptors (Lipinski definition) is 6. The standard InChI is InChI=1S/C25H30F2N2O5/c1-4-16(12-24(30)31)17-5-7-20(29-9-10-32-14-21(29)15(2)3)19(11-17)28-18-6-8-22-23(13-18)34-25(26,27)33-22/h5-8,11,13,15-16,21,28H,4,9-10,12,14H2,1-3H3,(H,30,31)/t16?,21-/m1/s1. The van der Waals surface area contributed by atoms with E-state index in [2.05, 4.69) is 33.5 Å². The van der Waals surface area contributed by atoms with Crippen LogP contribution < -0.4 is 19.7 Å². The summed E-state index contributed by atoms with van der Waals surface area (Å²) in [7, 11) is 0. The number of carboxylic acids is 1. The second-order valence-electron chi connectivity index (χ2n) is 9.01. The van der Waals surface area contributed by atoms with E-state index in [0.29, 0.717) is 37.8 Å². The topological polar surface area (TPSA) is 80.3 Å². The third-order valence-corrected chi connectivity index (χ3v) is 6.33. The summed E-state index contributed by atoms with van der Waals surface area (Å²) < 4.78 is 41.8. The fraction of sp³-hybridized carbons (Fsp3) is 0.480. The molecule has 1 saturated heterocycles. The van der Waals surface area contributed by atoms with Gasteiger partial charge in [-0.3, -0.25) is 4.79 Å². The summed E-state index contributed by atoms with van der Waals surface area (Å²) >= 11 is 0. The van der Waals surface area contributed by atoms with Crippen LogP contribution in [0.4, 0.5) is 25.8 Å². The van der Waals surface area contributed by atoms with E-state index in [4.69, 9.17) is 4.74 Å². The summed E-state index contributed by atoms with van der Waals surface area (Å²) in [5, 5.41) is 12.7. The van der Waals surface area contributed by atoms with Gasteiger partial charge in [-0.25, -0.2) is 0 Å². The molecule has 0 bridgehead atoms. The minimum atomic E-state index is -3.69. The van der Waals surface area contributed by atoms with Crippen LogP contribution in [0.15, 0.2) is 36.4 Å². The molecule has 1 fully saturated rings. The van der Waals surface area contributed by atoms with Crippen LogP contribution in [0, 0.1) is 5.92 Å². The Kier molecular flexibility index (Phi) is 6.84. The molecule has 4 rings (SSSR count). The first-order chi connectivity index (χ1) is 16.2. The lowest BCUT2D eigenvalue weighted by Gasteiger charge is -2.40. The summed E-state index contributed by atoms with van der Waals surface area (Å²) in [5.74, 6) is -0.721. The van der Waals surface area contributed by atoms with Crippen molar-refractivity contribution in [3.63, 3.8) is 0 Å². The highest BCUT2D eigenvalue weighted by atomic mass is 19.3. The molecule has 184 valence electrons. The van der Waals surface area contributed by atoms with Gasteiger partial charge in [-0.1, -0.05) is 26.8 Å². The van der Waals surface area contributed by atoms with Gasteiger partial charge in [-0.05, 0) is 48.1 Å². The number of halogens is 2. The molecule has 0 spiro atoms.